The molecule has 6 nitrogen and oxygen atoms in total. The van der Waals surface area contributed by atoms with Crippen molar-refractivity contribution in [3.8, 4) is 0 Å². The number of unbranched alkanes of at least 4 members (excludes halogenated alkanes) is 18. The Morgan fingerprint density at radius 3 is 1.47 bits per heavy atom. The van der Waals surface area contributed by atoms with E-state index in [9.17, 15) is 25.2 Å². The van der Waals surface area contributed by atoms with E-state index in [0.717, 1.165) is 57.8 Å². The SMILES string of the molecule is CCCC/C=C/CC/C=C/CCCC(O)C(O)C(CO)NC(=O)C(O)CCCCCCCC/C=C\CCCCCCCCCC. The smallest absolute Gasteiger partial charge is 0.249 e. The zero-order valence-corrected chi connectivity index (χ0v) is 29.4. The molecule has 1 amide bonds. The molecule has 5 N–H and O–H groups in total. The Hall–Kier alpha value is -1.47. The molecule has 0 aliphatic carbocycles. The van der Waals surface area contributed by atoms with Crippen molar-refractivity contribution in [3.63, 3.8) is 0 Å². The summed E-state index contributed by atoms with van der Waals surface area (Å²) in [5.74, 6) is -0.606. The number of hydrogen-bond acceptors (Lipinski definition) is 5. The van der Waals surface area contributed by atoms with Crippen molar-refractivity contribution < 1.29 is 25.2 Å². The molecule has 0 aromatic heterocycles. The Morgan fingerprint density at radius 1 is 0.533 bits per heavy atom. The van der Waals surface area contributed by atoms with E-state index in [1.54, 1.807) is 0 Å². The molecule has 0 fully saturated rings. The molecule has 0 bridgehead atoms. The summed E-state index contributed by atoms with van der Waals surface area (Å²) in [6.45, 7) is 3.96. The molecule has 0 spiro atoms. The Morgan fingerprint density at radius 2 is 0.956 bits per heavy atom. The number of carbonyl (C=O) groups excluding carboxylic acids is 1. The van der Waals surface area contributed by atoms with Crippen LogP contribution in [0.1, 0.15) is 174 Å². The van der Waals surface area contributed by atoms with Gasteiger partial charge >= 0.3 is 0 Å². The largest absolute Gasteiger partial charge is 0.394 e. The number of rotatable bonds is 33. The molecule has 0 saturated carbocycles. The fraction of sp³-hybridized carbons (Fsp3) is 0.821. The van der Waals surface area contributed by atoms with Gasteiger partial charge in [-0.25, -0.2) is 0 Å². The van der Waals surface area contributed by atoms with Crippen LogP contribution >= 0.6 is 0 Å². The normalized spacial score (nSPS) is 14.9. The minimum atomic E-state index is -1.29. The van der Waals surface area contributed by atoms with Gasteiger partial charge in [-0.1, -0.05) is 140 Å². The topological polar surface area (TPSA) is 110 Å². The molecule has 0 aromatic carbocycles. The Labute approximate surface area is 277 Å². The van der Waals surface area contributed by atoms with Gasteiger partial charge in [-0.05, 0) is 70.6 Å². The average Bonchev–Trinajstić information content (AvgIpc) is 3.04. The maximum Gasteiger partial charge on any atom is 0.249 e. The van der Waals surface area contributed by atoms with Gasteiger partial charge in [-0.3, -0.25) is 4.79 Å². The first-order valence-electron chi connectivity index (χ1n) is 18.9. The predicted octanol–water partition coefficient (Wildman–Crippen LogP) is 9.01. The maximum absolute atomic E-state index is 12.4. The lowest BCUT2D eigenvalue weighted by Crippen LogP contribution is -2.53. The van der Waals surface area contributed by atoms with Gasteiger partial charge in [0.15, 0.2) is 0 Å². The first-order chi connectivity index (χ1) is 22.0. The van der Waals surface area contributed by atoms with Crippen LogP contribution in [0.5, 0.6) is 0 Å². The van der Waals surface area contributed by atoms with Crippen molar-refractivity contribution in [1.29, 1.82) is 0 Å². The molecule has 0 saturated heterocycles. The van der Waals surface area contributed by atoms with Gasteiger partial charge in [0.1, 0.15) is 12.2 Å². The Bertz CT molecular complexity index is 722. The van der Waals surface area contributed by atoms with Crippen molar-refractivity contribution in [1.82, 2.24) is 5.32 Å². The van der Waals surface area contributed by atoms with E-state index in [1.807, 2.05) is 0 Å². The third-order valence-electron chi connectivity index (χ3n) is 8.55. The monoisotopic (exact) mass is 636 g/mol. The number of carbonyl (C=O) groups is 1. The van der Waals surface area contributed by atoms with Gasteiger partial charge in [-0.2, -0.15) is 0 Å². The van der Waals surface area contributed by atoms with Crippen LogP contribution < -0.4 is 5.32 Å². The Balaban J connectivity index is 3.85. The average molecular weight is 636 g/mol. The summed E-state index contributed by atoms with van der Waals surface area (Å²) in [6.07, 6.45) is 37.4. The van der Waals surface area contributed by atoms with Crippen molar-refractivity contribution >= 4 is 5.91 Å². The standard InChI is InChI=1S/C39H73NO5/c1-3-5-7-9-11-13-15-16-17-18-19-20-21-23-25-27-29-31-33-37(43)39(45)40-35(34-41)38(44)36(42)32-30-28-26-24-22-14-12-10-8-6-4-2/h10,12,18-19,24,26,35-38,41-44H,3-9,11,13-17,20-23,25,27-34H2,1-2H3,(H,40,45)/b12-10+,19-18-,26-24+. The number of aliphatic hydroxyl groups is 4. The summed E-state index contributed by atoms with van der Waals surface area (Å²) in [7, 11) is 0. The van der Waals surface area contributed by atoms with Crippen LogP contribution in [0.15, 0.2) is 36.5 Å². The third-order valence-corrected chi connectivity index (χ3v) is 8.55. The zero-order chi connectivity index (χ0) is 33.2. The number of aliphatic hydroxyl groups excluding tert-OH is 4. The van der Waals surface area contributed by atoms with Crippen LogP contribution in [0.3, 0.4) is 0 Å². The van der Waals surface area contributed by atoms with E-state index in [1.165, 1.54) is 83.5 Å². The summed E-state index contributed by atoms with van der Waals surface area (Å²) in [6, 6.07) is -1.01. The van der Waals surface area contributed by atoms with Crippen LogP contribution in [0.2, 0.25) is 0 Å². The molecule has 0 aliphatic rings. The minimum absolute atomic E-state index is 0.352. The highest BCUT2D eigenvalue weighted by atomic mass is 16.3. The van der Waals surface area contributed by atoms with E-state index in [-0.39, 0.29) is 0 Å². The second-order valence-electron chi connectivity index (χ2n) is 12.9. The van der Waals surface area contributed by atoms with Crippen LogP contribution in [0.4, 0.5) is 0 Å². The summed E-state index contributed by atoms with van der Waals surface area (Å²) in [5, 5.41) is 43.3. The number of allylic oxidation sites excluding steroid dienone is 6. The summed E-state index contributed by atoms with van der Waals surface area (Å²) >= 11 is 0. The van der Waals surface area contributed by atoms with Crippen molar-refractivity contribution in [2.45, 2.75) is 199 Å². The highest BCUT2D eigenvalue weighted by Gasteiger charge is 2.28. The molecule has 0 aliphatic heterocycles. The molecular weight excluding hydrogens is 562 g/mol. The number of amides is 1. The Kier molecular flexibility index (Phi) is 32.8. The van der Waals surface area contributed by atoms with Crippen molar-refractivity contribution in [3.05, 3.63) is 36.5 Å². The predicted molar refractivity (Wildman–Crippen MR) is 191 cm³/mol. The van der Waals surface area contributed by atoms with Crippen LogP contribution in [-0.2, 0) is 4.79 Å². The van der Waals surface area contributed by atoms with Crippen LogP contribution in [0.25, 0.3) is 0 Å². The molecule has 0 heterocycles. The zero-order valence-electron chi connectivity index (χ0n) is 29.4. The molecule has 264 valence electrons. The van der Waals surface area contributed by atoms with Crippen molar-refractivity contribution in [2.75, 3.05) is 6.61 Å². The quantitative estimate of drug-likeness (QED) is 0.0365. The second kappa shape index (κ2) is 33.9. The van der Waals surface area contributed by atoms with Gasteiger partial charge in [-0.15, -0.1) is 0 Å². The molecule has 4 atom stereocenters. The first-order valence-corrected chi connectivity index (χ1v) is 18.9. The first kappa shape index (κ1) is 43.5. The minimum Gasteiger partial charge on any atom is -0.394 e. The molecule has 0 aromatic rings. The van der Waals surface area contributed by atoms with Crippen LogP contribution in [0, 0.1) is 0 Å². The molecule has 6 heteroatoms. The molecular formula is C39H73NO5. The highest BCUT2D eigenvalue weighted by molar-refractivity contribution is 5.80. The van der Waals surface area contributed by atoms with E-state index in [0.29, 0.717) is 19.3 Å². The van der Waals surface area contributed by atoms with Crippen molar-refractivity contribution in [2.24, 2.45) is 0 Å². The summed E-state index contributed by atoms with van der Waals surface area (Å²) in [5.41, 5.74) is 0. The molecule has 0 radical (unpaired) electrons. The number of hydrogen-bond donors (Lipinski definition) is 5. The lowest BCUT2D eigenvalue weighted by atomic mass is 10.00. The summed E-state index contributed by atoms with van der Waals surface area (Å²) < 4.78 is 0. The van der Waals surface area contributed by atoms with E-state index < -0.39 is 36.9 Å². The molecule has 4 unspecified atom stereocenters. The van der Waals surface area contributed by atoms with E-state index in [4.69, 9.17) is 0 Å². The molecule has 45 heavy (non-hydrogen) atoms. The number of nitrogens with one attached hydrogen (secondary N) is 1. The van der Waals surface area contributed by atoms with Gasteiger partial charge in [0.25, 0.3) is 0 Å². The fourth-order valence-corrected chi connectivity index (χ4v) is 5.46. The third kappa shape index (κ3) is 28.5. The maximum atomic E-state index is 12.4. The molecule has 0 rings (SSSR count). The fourth-order valence-electron chi connectivity index (χ4n) is 5.46. The van der Waals surface area contributed by atoms with Gasteiger partial charge < -0.3 is 25.7 Å². The van der Waals surface area contributed by atoms with Gasteiger partial charge in [0.05, 0.1) is 18.8 Å². The highest BCUT2D eigenvalue weighted by Crippen LogP contribution is 2.14. The lowest BCUT2D eigenvalue weighted by molar-refractivity contribution is -0.132. The van der Waals surface area contributed by atoms with Crippen LogP contribution in [-0.4, -0.2) is 57.3 Å². The van der Waals surface area contributed by atoms with E-state index in [2.05, 4.69) is 55.6 Å². The van der Waals surface area contributed by atoms with Gasteiger partial charge in [0.2, 0.25) is 5.91 Å². The second-order valence-corrected chi connectivity index (χ2v) is 12.9. The van der Waals surface area contributed by atoms with E-state index >= 15 is 0 Å². The van der Waals surface area contributed by atoms with Gasteiger partial charge in [0, 0.05) is 0 Å². The lowest BCUT2D eigenvalue weighted by Gasteiger charge is -2.27. The summed E-state index contributed by atoms with van der Waals surface area (Å²) in [4.78, 5) is 12.4.